The van der Waals surface area contributed by atoms with E-state index in [1.54, 1.807) is 0 Å². The molecule has 0 bridgehead atoms. The maximum absolute atomic E-state index is 9.49. The van der Waals surface area contributed by atoms with Gasteiger partial charge in [0, 0.05) is 19.1 Å². The highest BCUT2D eigenvalue weighted by atomic mass is 16.3. The second-order valence-electron chi connectivity index (χ2n) is 3.77. The van der Waals surface area contributed by atoms with Crippen LogP contribution in [0.1, 0.15) is 19.3 Å². The Bertz CT molecular complexity index is 130. The molecule has 0 aromatic rings. The molecule has 72 valence electrons. The Kier molecular flexibility index (Phi) is 3.98. The maximum Gasteiger partial charge on any atom is 0.0553 e. The van der Waals surface area contributed by atoms with Gasteiger partial charge in [-0.1, -0.05) is 0 Å². The molecule has 0 saturated carbocycles. The van der Waals surface area contributed by atoms with Gasteiger partial charge in [-0.3, -0.25) is 0 Å². The standard InChI is InChI=1S/C9H20N2O/c1-10-8-3-4-9(12)5-6-11(2)7-8/h8-10,12H,3-7H2,1-2H3/t8-,9?/m0/s1. The molecule has 1 aliphatic heterocycles. The number of aliphatic hydroxyl groups is 1. The summed E-state index contributed by atoms with van der Waals surface area (Å²) in [6.07, 6.45) is 2.86. The number of hydrogen-bond donors (Lipinski definition) is 2. The summed E-state index contributed by atoms with van der Waals surface area (Å²) in [5.74, 6) is 0. The predicted molar refractivity (Wildman–Crippen MR) is 50.2 cm³/mol. The van der Waals surface area contributed by atoms with Crippen LogP contribution in [0.5, 0.6) is 0 Å². The van der Waals surface area contributed by atoms with E-state index in [1.807, 2.05) is 7.05 Å². The van der Waals surface area contributed by atoms with Gasteiger partial charge in [0.1, 0.15) is 0 Å². The van der Waals surface area contributed by atoms with Crippen molar-refractivity contribution in [1.29, 1.82) is 0 Å². The Morgan fingerprint density at radius 1 is 1.33 bits per heavy atom. The third-order valence-corrected chi connectivity index (χ3v) is 2.63. The fraction of sp³-hybridized carbons (Fsp3) is 1.00. The molecule has 0 radical (unpaired) electrons. The first-order chi connectivity index (χ1) is 5.72. The average Bonchev–Trinajstić information content (AvgIpc) is 2.06. The monoisotopic (exact) mass is 172 g/mol. The van der Waals surface area contributed by atoms with Crippen molar-refractivity contribution in [3.63, 3.8) is 0 Å². The van der Waals surface area contributed by atoms with Crippen LogP contribution in [-0.4, -0.2) is 49.3 Å². The van der Waals surface area contributed by atoms with Crippen LogP contribution in [0.4, 0.5) is 0 Å². The van der Waals surface area contributed by atoms with Crippen molar-refractivity contribution in [2.45, 2.75) is 31.4 Å². The van der Waals surface area contributed by atoms with E-state index in [-0.39, 0.29) is 6.10 Å². The van der Waals surface area contributed by atoms with E-state index in [0.29, 0.717) is 6.04 Å². The average molecular weight is 172 g/mol. The molecular formula is C9H20N2O. The van der Waals surface area contributed by atoms with Gasteiger partial charge in [-0.25, -0.2) is 0 Å². The summed E-state index contributed by atoms with van der Waals surface area (Å²) in [6, 6.07) is 0.546. The molecule has 1 fully saturated rings. The van der Waals surface area contributed by atoms with Gasteiger partial charge in [-0.15, -0.1) is 0 Å². The second kappa shape index (κ2) is 4.80. The number of nitrogens with zero attached hydrogens (tertiary/aromatic N) is 1. The molecular weight excluding hydrogens is 152 g/mol. The van der Waals surface area contributed by atoms with Crippen LogP contribution in [-0.2, 0) is 0 Å². The maximum atomic E-state index is 9.49. The third-order valence-electron chi connectivity index (χ3n) is 2.63. The Hall–Kier alpha value is -0.120. The van der Waals surface area contributed by atoms with E-state index in [1.165, 1.54) is 0 Å². The lowest BCUT2D eigenvalue weighted by molar-refractivity contribution is 0.113. The second-order valence-corrected chi connectivity index (χ2v) is 3.77. The van der Waals surface area contributed by atoms with Crippen molar-refractivity contribution >= 4 is 0 Å². The van der Waals surface area contributed by atoms with Crippen LogP contribution < -0.4 is 5.32 Å². The predicted octanol–water partition coefficient (Wildman–Crippen LogP) is 0.0510. The summed E-state index contributed by atoms with van der Waals surface area (Å²) in [4.78, 5) is 2.28. The number of hydrogen-bond acceptors (Lipinski definition) is 3. The Morgan fingerprint density at radius 3 is 2.75 bits per heavy atom. The van der Waals surface area contributed by atoms with Gasteiger partial charge in [-0.05, 0) is 33.4 Å². The first-order valence-corrected chi connectivity index (χ1v) is 4.76. The van der Waals surface area contributed by atoms with E-state index in [9.17, 15) is 5.11 Å². The first-order valence-electron chi connectivity index (χ1n) is 4.76. The normalized spacial score (nSPS) is 34.2. The van der Waals surface area contributed by atoms with Crippen molar-refractivity contribution < 1.29 is 5.11 Å². The number of likely N-dealkylation sites (N-methyl/N-ethyl adjacent to an activating group) is 2. The molecule has 0 aromatic carbocycles. The highest BCUT2D eigenvalue weighted by Gasteiger charge is 2.16. The zero-order valence-electron chi connectivity index (χ0n) is 8.08. The molecule has 1 saturated heterocycles. The first kappa shape index (κ1) is 9.96. The van der Waals surface area contributed by atoms with Crippen LogP contribution in [0.15, 0.2) is 0 Å². The summed E-state index contributed by atoms with van der Waals surface area (Å²) in [6.45, 7) is 2.11. The minimum absolute atomic E-state index is 0.0939. The summed E-state index contributed by atoms with van der Waals surface area (Å²) in [7, 11) is 4.11. The zero-order chi connectivity index (χ0) is 8.97. The van der Waals surface area contributed by atoms with Crippen LogP contribution in [0.25, 0.3) is 0 Å². The molecule has 0 amide bonds. The SMILES string of the molecule is CN[C@H]1CCC(O)CCN(C)C1. The van der Waals surface area contributed by atoms with Gasteiger partial charge < -0.3 is 15.3 Å². The fourth-order valence-electron chi connectivity index (χ4n) is 1.70. The molecule has 1 rings (SSSR count). The van der Waals surface area contributed by atoms with Gasteiger partial charge in [0.15, 0.2) is 0 Å². The van der Waals surface area contributed by atoms with Crippen molar-refractivity contribution in [3.8, 4) is 0 Å². The van der Waals surface area contributed by atoms with E-state index < -0.39 is 0 Å². The summed E-state index contributed by atoms with van der Waals surface area (Å²) >= 11 is 0. The molecule has 0 spiro atoms. The minimum Gasteiger partial charge on any atom is -0.393 e. The van der Waals surface area contributed by atoms with Gasteiger partial charge in [-0.2, -0.15) is 0 Å². The number of aliphatic hydroxyl groups excluding tert-OH is 1. The summed E-state index contributed by atoms with van der Waals surface area (Å²) in [5.41, 5.74) is 0. The van der Waals surface area contributed by atoms with Gasteiger partial charge in [0.25, 0.3) is 0 Å². The zero-order valence-corrected chi connectivity index (χ0v) is 8.08. The van der Waals surface area contributed by atoms with E-state index in [0.717, 1.165) is 32.4 Å². The largest absolute Gasteiger partial charge is 0.393 e. The van der Waals surface area contributed by atoms with E-state index in [2.05, 4.69) is 17.3 Å². The molecule has 1 heterocycles. The lowest BCUT2D eigenvalue weighted by Crippen LogP contribution is -2.41. The summed E-state index contributed by atoms with van der Waals surface area (Å²) < 4.78 is 0. The van der Waals surface area contributed by atoms with Crippen LogP contribution in [0.2, 0.25) is 0 Å². The highest BCUT2D eigenvalue weighted by Crippen LogP contribution is 2.10. The van der Waals surface area contributed by atoms with Gasteiger partial charge in [0.2, 0.25) is 0 Å². The Labute approximate surface area is 74.8 Å². The minimum atomic E-state index is -0.0939. The van der Waals surface area contributed by atoms with Crippen molar-refractivity contribution in [2.75, 3.05) is 27.2 Å². The molecule has 2 atom stereocenters. The highest BCUT2D eigenvalue weighted by molar-refractivity contribution is 4.74. The number of rotatable bonds is 1. The van der Waals surface area contributed by atoms with Crippen molar-refractivity contribution in [3.05, 3.63) is 0 Å². The quantitative estimate of drug-likeness (QED) is 0.587. The lowest BCUT2D eigenvalue weighted by atomic mass is 10.0. The number of likely N-dealkylation sites (tertiary alicyclic amines) is 1. The lowest BCUT2D eigenvalue weighted by Gasteiger charge is -2.28. The van der Waals surface area contributed by atoms with Crippen LogP contribution >= 0.6 is 0 Å². The third kappa shape index (κ3) is 3.09. The molecule has 3 nitrogen and oxygen atoms in total. The van der Waals surface area contributed by atoms with Crippen molar-refractivity contribution in [2.24, 2.45) is 0 Å². The fourth-order valence-corrected chi connectivity index (χ4v) is 1.70. The molecule has 3 heteroatoms. The topological polar surface area (TPSA) is 35.5 Å². The number of nitrogens with one attached hydrogen (secondary N) is 1. The smallest absolute Gasteiger partial charge is 0.0553 e. The van der Waals surface area contributed by atoms with Gasteiger partial charge in [0.05, 0.1) is 6.10 Å². The molecule has 1 aliphatic rings. The van der Waals surface area contributed by atoms with Crippen LogP contribution in [0.3, 0.4) is 0 Å². The molecule has 0 aromatic heterocycles. The molecule has 12 heavy (non-hydrogen) atoms. The van der Waals surface area contributed by atoms with E-state index in [4.69, 9.17) is 0 Å². The molecule has 1 unspecified atom stereocenters. The molecule has 2 N–H and O–H groups in total. The Balaban J connectivity index is 2.37. The summed E-state index contributed by atoms with van der Waals surface area (Å²) in [5, 5.41) is 12.8. The van der Waals surface area contributed by atoms with E-state index >= 15 is 0 Å². The van der Waals surface area contributed by atoms with Crippen molar-refractivity contribution in [1.82, 2.24) is 10.2 Å². The Morgan fingerprint density at radius 2 is 2.08 bits per heavy atom. The van der Waals surface area contributed by atoms with Gasteiger partial charge >= 0.3 is 0 Å². The molecule has 0 aliphatic carbocycles. The van der Waals surface area contributed by atoms with Crippen LogP contribution in [0, 0.1) is 0 Å².